The summed E-state index contributed by atoms with van der Waals surface area (Å²) in [6.45, 7) is 3.94. The maximum absolute atomic E-state index is 13.9. The molecule has 2 aromatic heterocycles. The molecular weight excluding hydrogens is 343 g/mol. The van der Waals surface area contributed by atoms with Crippen LogP contribution in [0.3, 0.4) is 0 Å². The number of furan rings is 1. The van der Waals surface area contributed by atoms with Crippen molar-refractivity contribution in [2.75, 3.05) is 31.1 Å². The van der Waals surface area contributed by atoms with Crippen molar-refractivity contribution >= 4 is 17.9 Å². The summed E-state index contributed by atoms with van der Waals surface area (Å²) < 4.78 is 26.4. The third-order valence-corrected chi connectivity index (χ3v) is 4.67. The third kappa shape index (κ3) is 3.35. The van der Waals surface area contributed by atoms with Gasteiger partial charge in [-0.3, -0.25) is 0 Å². The second-order valence-electron chi connectivity index (χ2n) is 6.00. The Labute approximate surface area is 149 Å². The van der Waals surface area contributed by atoms with Crippen molar-refractivity contribution in [1.29, 1.82) is 0 Å². The highest BCUT2D eigenvalue weighted by atomic mass is 32.1. The van der Waals surface area contributed by atoms with Gasteiger partial charge in [-0.15, -0.1) is 5.10 Å². The molecule has 130 valence electrons. The lowest BCUT2D eigenvalue weighted by Gasteiger charge is -2.33. The van der Waals surface area contributed by atoms with Gasteiger partial charge in [0, 0.05) is 0 Å². The topological polar surface area (TPSA) is 51.8 Å². The Morgan fingerprint density at radius 3 is 2.68 bits per heavy atom. The van der Waals surface area contributed by atoms with Crippen LogP contribution in [-0.4, -0.2) is 36.0 Å². The van der Waals surface area contributed by atoms with Gasteiger partial charge in [0.25, 0.3) is 10.7 Å². The van der Waals surface area contributed by atoms with E-state index in [0.717, 1.165) is 26.2 Å². The molecule has 1 saturated heterocycles. The predicted molar refractivity (Wildman–Crippen MR) is 92.3 cm³/mol. The Morgan fingerprint density at radius 1 is 1.16 bits per heavy atom. The Bertz CT molecular complexity index is 898. The monoisotopic (exact) mass is 361 g/mol. The molecule has 0 saturated carbocycles. The van der Waals surface area contributed by atoms with Crippen LogP contribution in [0.1, 0.15) is 0 Å². The Kier molecular flexibility index (Phi) is 4.37. The number of piperazine rings is 1. The maximum Gasteiger partial charge on any atom is 0.292 e. The molecule has 0 atom stereocenters. The maximum atomic E-state index is 13.9. The SMILES string of the molecule is Fc1ccccc1N1CC[NH+](Cn2nc(-c3ccco3)oc2=S)CC1. The number of anilines is 1. The van der Waals surface area contributed by atoms with E-state index in [2.05, 4.69) is 10.00 Å². The van der Waals surface area contributed by atoms with Crippen molar-refractivity contribution in [2.45, 2.75) is 6.67 Å². The van der Waals surface area contributed by atoms with Crippen LogP contribution in [-0.2, 0) is 6.67 Å². The van der Waals surface area contributed by atoms with Gasteiger partial charge < -0.3 is 18.6 Å². The number of rotatable bonds is 4. The smallest absolute Gasteiger partial charge is 0.292 e. The second kappa shape index (κ2) is 6.81. The molecular formula is C17H18FN4O2S+. The van der Waals surface area contributed by atoms with Crippen LogP contribution in [0.5, 0.6) is 0 Å². The number of quaternary nitrogens is 1. The fourth-order valence-electron chi connectivity index (χ4n) is 3.05. The first-order valence-electron chi connectivity index (χ1n) is 8.15. The van der Waals surface area contributed by atoms with Gasteiger partial charge in [0.2, 0.25) is 0 Å². The standard InChI is InChI=1S/C17H17FN4O2S/c18-13-4-1-2-5-14(13)21-9-7-20(8-10-21)12-22-17(25)24-16(19-22)15-6-3-11-23-15/h1-6,11H,7-10,12H2/p+1. The average Bonchev–Trinajstić information content (AvgIpc) is 3.27. The molecule has 4 rings (SSSR count). The Balaban J connectivity index is 1.41. The molecule has 1 aromatic carbocycles. The van der Waals surface area contributed by atoms with Crippen molar-refractivity contribution in [3.8, 4) is 11.7 Å². The van der Waals surface area contributed by atoms with Crippen LogP contribution in [0, 0.1) is 10.7 Å². The summed E-state index contributed by atoms with van der Waals surface area (Å²) in [6, 6.07) is 10.5. The summed E-state index contributed by atoms with van der Waals surface area (Å²) in [5.74, 6) is 0.774. The minimum atomic E-state index is -0.173. The van der Waals surface area contributed by atoms with Crippen molar-refractivity contribution in [3.05, 3.63) is 53.3 Å². The van der Waals surface area contributed by atoms with E-state index >= 15 is 0 Å². The van der Waals surface area contributed by atoms with Crippen LogP contribution in [0.2, 0.25) is 0 Å². The van der Waals surface area contributed by atoms with Crippen molar-refractivity contribution in [2.24, 2.45) is 0 Å². The van der Waals surface area contributed by atoms with Gasteiger partial charge in [-0.25, -0.2) is 4.39 Å². The molecule has 3 heterocycles. The number of hydrogen-bond acceptors (Lipinski definition) is 5. The van der Waals surface area contributed by atoms with Gasteiger partial charge in [-0.2, -0.15) is 4.68 Å². The van der Waals surface area contributed by atoms with E-state index in [4.69, 9.17) is 21.1 Å². The number of nitrogens with zero attached hydrogens (tertiary/aromatic N) is 3. The molecule has 3 aromatic rings. The molecule has 1 aliphatic rings. The van der Waals surface area contributed by atoms with E-state index in [9.17, 15) is 4.39 Å². The molecule has 1 N–H and O–H groups in total. The molecule has 25 heavy (non-hydrogen) atoms. The fourth-order valence-corrected chi connectivity index (χ4v) is 3.23. The number of halogens is 1. The minimum absolute atomic E-state index is 0.173. The summed E-state index contributed by atoms with van der Waals surface area (Å²) in [4.78, 5) is 3.73. The molecule has 0 spiro atoms. The fraction of sp³-hybridized carbons (Fsp3) is 0.294. The van der Waals surface area contributed by atoms with Crippen molar-refractivity contribution < 1.29 is 18.1 Å². The number of nitrogens with one attached hydrogen (secondary N) is 1. The largest absolute Gasteiger partial charge is 0.459 e. The number of benzene rings is 1. The molecule has 0 unspecified atom stereocenters. The minimum Gasteiger partial charge on any atom is -0.459 e. The summed E-state index contributed by atoms with van der Waals surface area (Å²) in [5.41, 5.74) is 0.666. The van der Waals surface area contributed by atoms with E-state index < -0.39 is 0 Å². The highest BCUT2D eigenvalue weighted by Crippen LogP contribution is 2.19. The van der Waals surface area contributed by atoms with E-state index in [-0.39, 0.29) is 5.82 Å². The van der Waals surface area contributed by atoms with Crippen LogP contribution < -0.4 is 9.80 Å². The molecule has 1 fully saturated rings. The molecule has 6 nitrogen and oxygen atoms in total. The quantitative estimate of drug-likeness (QED) is 0.720. The lowest BCUT2D eigenvalue weighted by molar-refractivity contribution is -0.924. The molecule has 8 heteroatoms. The Morgan fingerprint density at radius 2 is 1.96 bits per heavy atom. The van der Waals surface area contributed by atoms with Gasteiger partial charge in [0.1, 0.15) is 5.82 Å². The molecule has 0 radical (unpaired) electrons. The highest BCUT2D eigenvalue weighted by molar-refractivity contribution is 7.71. The average molecular weight is 361 g/mol. The van der Waals surface area contributed by atoms with Gasteiger partial charge in [-0.05, 0) is 36.5 Å². The summed E-state index contributed by atoms with van der Waals surface area (Å²) in [7, 11) is 0. The normalized spacial score (nSPS) is 15.6. The molecule has 0 amide bonds. The van der Waals surface area contributed by atoms with Crippen LogP contribution >= 0.6 is 12.2 Å². The zero-order valence-electron chi connectivity index (χ0n) is 13.5. The third-order valence-electron chi connectivity index (χ3n) is 4.38. The van der Waals surface area contributed by atoms with Crippen LogP contribution in [0.4, 0.5) is 10.1 Å². The van der Waals surface area contributed by atoms with Crippen molar-refractivity contribution in [3.63, 3.8) is 0 Å². The zero-order chi connectivity index (χ0) is 17.2. The summed E-state index contributed by atoms with van der Waals surface area (Å²) in [6.07, 6.45) is 1.57. The second-order valence-corrected chi connectivity index (χ2v) is 6.35. The summed E-state index contributed by atoms with van der Waals surface area (Å²) in [5, 5.41) is 4.40. The predicted octanol–water partition coefficient (Wildman–Crippen LogP) is 1.97. The van der Waals surface area contributed by atoms with E-state index in [1.165, 1.54) is 11.0 Å². The van der Waals surface area contributed by atoms with Crippen molar-refractivity contribution in [1.82, 2.24) is 9.78 Å². The number of aromatic nitrogens is 2. The first kappa shape index (κ1) is 16.0. The zero-order valence-corrected chi connectivity index (χ0v) is 14.3. The van der Waals surface area contributed by atoms with E-state index in [1.54, 1.807) is 29.1 Å². The lowest BCUT2D eigenvalue weighted by atomic mass is 10.2. The summed E-state index contributed by atoms with van der Waals surface area (Å²) >= 11 is 5.25. The number of hydrogen-bond donors (Lipinski definition) is 1. The van der Waals surface area contributed by atoms with Gasteiger partial charge >= 0.3 is 0 Å². The molecule has 1 aliphatic heterocycles. The first-order valence-corrected chi connectivity index (χ1v) is 8.56. The molecule has 0 bridgehead atoms. The van der Waals surface area contributed by atoms with E-state index in [1.807, 2.05) is 12.1 Å². The first-order chi connectivity index (χ1) is 12.2. The van der Waals surface area contributed by atoms with Crippen LogP contribution in [0.15, 0.2) is 51.5 Å². The number of para-hydroxylation sites is 1. The van der Waals surface area contributed by atoms with Crippen LogP contribution in [0.25, 0.3) is 11.7 Å². The van der Waals surface area contributed by atoms with E-state index in [0.29, 0.717) is 28.8 Å². The van der Waals surface area contributed by atoms with Gasteiger partial charge in [-0.1, -0.05) is 12.1 Å². The lowest BCUT2D eigenvalue weighted by Crippen LogP contribution is -3.14. The Hall–Kier alpha value is -2.45. The highest BCUT2D eigenvalue weighted by Gasteiger charge is 2.23. The van der Waals surface area contributed by atoms with Gasteiger partial charge in [0.15, 0.2) is 12.4 Å². The van der Waals surface area contributed by atoms with Gasteiger partial charge in [0.05, 0.1) is 38.1 Å². The molecule has 0 aliphatic carbocycles.